The van der Waals surface area contributed by atoms with Crippen molar-refractivity contribution in [2.24, 2.45) is 5.84 Å². The smallest absolute Gasteiger partial charge is 0.126 e. The third-order valence-electron chi connectivity index (χ3n) is 2.69. The van der Waals surface area contributed by atoms with E-state index in [1.165, 1.54) is 6.07 Å². The summed E-state index contributed by atoms with van der Waals surface area (Å²) in [5.41, 5.74) is 4.53. The van der Waals surface area contributed by atoms with Crippen LogP contribution in [0.4, 0.5) is 4.39 Å². The first-order valence-electron chi connectivity index (χ1n) is 5.53. The molecule has 0 aromatic heterocycles. The van der Waals surface area contributed by atoms with E-state index in [4.69, 9.17) is 5.84 Å². The minimum Gasteiger partial charge on any atom is -0.271 e. The highest BCUT2D eigenvalue weighted by Gasteiger charge is 2.11. The number of hydrogen-bond donors (Lipinski definition) is 2. The van der Waals surface area contributed by atoms with Crippen LogP contribution in [0.5, 0.6) is 0 Å². The van der Waals surface area contributed by atoms with Crippen LogP contribution in [0.2, 0.25) is 0 Å². The van der Waals surface area contributed by atoms with Gasteiger partial charge < -0.3 is 0 Å². The summed E-state index contributed by atoms with van der Waals surface area (Å²) in [4.78, 5) is 0. The van der Waals surface area contributed by atoms with Crippen LogP contribution in [0.25, 0.3) is 0 Å². The predicted octanol–water partition coefficient (Wildman–Crippen LogP) is 2.56. The summed E-state index contributed by atoms with van der Waals surface area (Å²) in [5, 5.41) is 0. The van der Waals surface area contributed by atoms with Gasteiger partial charge in [-0.15, -0.1) is 0 Å². The molecule has 0 amide bonds. The van der Waals surface area contributed by atoms with Gasteiger partial charge in [0.15, 0.2) is 0 Å². The summed E-state index contributed by atoms with van der Waals surface area (Å²) in [6.45, 7) is 5.99. The van der Waals surface area contributed by atoms with Crippen LogP contribution < -0.4 is 11.3 Å². The maximum Gasteiger partial charge on any atom is 0.126 e. The Bertz CT molecular complexity index is 350. The van der Waals surface area contributed by atoms with E-state index in [0.717, 1.165) is 18.4 Å². The molecule has 2 nitrogen and oxygen atoms in total. The molecule has 1 unspecified atom stereocenters. The minimum atomic E-state index is -0.176. The number of nitrogens with two attached hydrogens (primary N) is 1. The molecule has 0 radical (unpaired) electrons. The van der Waals surface area contributed by atoms with Gasteiger partial charge in [-0.2, -0.15) is 0 Å². The Morgan fingerprint density at radius 1 is 1.50 bits per heavy atom. The summed E-state index contributed by atoms with van der Waals surface area (Å²) in [6.07, 6.45) is 2.29. The largest absolute Gasteiger partial charge is 0.271 e. The molecule has 0 aliphatic rings. The second-order valence-corrected chi connectivity index (χ2v) is 3.97. The molecule has 0 saturated carbocycles. The SMILES string of the molecule is C=C(CC)CC(Cc1ccccc1F)NN. The van der Waals surface area contributed by atoms with Gasteiger partial charge in [0, 0.05) is 6.04 Å². The molecule has 16 heavy (non-hydrogen) atoms. The molecule has 1 rings (SSSR count). The van der Waals surface area contributed by atoms with Gasteiger partial charge >= 0.3 is 0 Å². The molecule has 0 fully saturated rings. The number of hydrogen-bond acceptors (Lipinski definition) is 2. The average molecular weight is 222 g/mol. The van der Waals surface area contributed by atoms with E-state index in [1.54, 1.807) is 12.1 Å². The normalized spacial score (nSPS) is 12.4. The Labute approximate surface area is 96.3 Å². The number of rotatable bonds is 6. The molecule has 0 aliphatic heterocycles. The van der Waals surface area contributed by atoms with Gasteiger partial charge in [0.25, 0.3) is 0 Å². The van der Waals surface area contributed by atoms with Crippen molar-refractivity contribution in [2.75, 3.05) is 0 Å². The van der Waals surface area contributed by atoms with E-state index in [0.29, 0.717) is 12.0 Å². The van der Waals surface area contributed by atoms with E-state index in [-0.39, 0.29) is 11.9 Å². The maximum atomic E-state index is 13.4. The monoisotopic (exact) mass is 222 g/mol. The second-order valence-electron chi connectivity index (χ2n) is 3.97. The van der Waals surface area contributed by atoms with Crippen LogP contribution in [-0.4, -0.2) is 6.04 Å². The highest BCUT2D eigenvalue weighted by Crippen LogP contribution is 2.14. The average Bonchev–Trinajstić information content (AvgIpc) is 2.30. The third kappa shape index (κ3) is 3.76. The second kappa shape index (κ2) is 6.40. The fraction of sp³-hybridized carbons (Fsp3) is 0.385. The molecule has 3 N–H and O–H groups in total. The fourth-order valence-electron chi connectivity index (χ4n) is 1.61. The molecule has 0 heterocycles. The van der Waals surface area contributed by atoms with E-state index in [9.17, 15) is 4.39 Å². The summed E-state index contributed by atoms with van der Waals surface area (Å²) in [5.74, 6) is 5.28. The summed E-state index contributed by atoms with van der Waals surface area (Å²) >= 11 is 0. The van der Waals surface area contributed by atoms with Gasteiger partial charge in [0.05, 0.1) is 0 Å². The first-order chi connectivity index (χ1) is 7.67. The number of nitrogens with one attached hydrogen (secondary N) is 1. The van der Waals surface area contributed by atoms with Gasteiger partial charge in [0.1, 0.15) is 5.82 Å². The fourth-order valence-corrected chi connectivity index (χ4v) is 1.61. The van der Waals surface area contributed by atoms with Crippen LogP contribution >= 0.6 is 0 Å². The van der Waals surface area contributed by atoms with Crippen LogP contribution in [0, 0.1) is 5.82 Å². The van der Waals surface area contributed by atoms with Gasteiger partial charge in [-0.25, -0.2) is 4.39 Å². The Morgan fingerprint density at radius 2 is 2.19 bits per heavy atom. The predicted molar refractivity (Wildman–Crippen MR) is 65.3 cm³/mol. The minimum absolute atomic E-state index is 0.0457. The molecular formula is C13H19FN2. The molecule has 1 aromatic carbocycles. The van der Waals surface area contributed by atoms with Gasteiger partial charge in [-0.05, 0) is 30.9 Å². The number of benzene rings is 1. The zero-order valence-electron chi connectivity index (χ0n) is 9.67. The standard InChI is InChI=1S/C13H19FN2/c1-3-10(2)8-12(16-15)9-11-6-4-5-7-13(11)14/h4-7,12,16H,2-3,8-9,15H2,1H3. The topological polar surface area (TPSA) is 38.0 Å². The number of hydrazine groups is 1. The zero-order chi connectivity index (χ0) is 12.0. The molecular weight excluding hydrogens is 203 g/mol. The van der Waals surface area contributed by atoms with Crippen molar-refractivity contribution in [3.63, 3.8) is 0 Å². The molecule has 3 heteroatoms. The Hall–Kier alpha value is -1.19. The molecule has 0 saturated heterocycles. The lowest BCUT2D eigenvalue weighted by molar-refractivity contribution is 0.502. The molecule has 1 atom stereocenters. The zero-order valence-corrected chi connectivity index (χ0v) is 9.67. The highest BCUT2D eigenvalue weighted by atomic mass is 19.1. The first kappa shape index (κ1) is 12.9. The summed E-state index contributed by atoms with van der Waals surface area (Å²) < 4.78 is 13.4. The lowest BCUT2D eigenvalue weighted by Crippen LogP contribution is -2.37. The van der Waals surface area contributed by atoms with Crippen molar-refractivity contribution < 1.29 is 4.39 Å². The number of halogens is 1. The van der Waals surface area contributed by atoms with E-state index < -0.39 is 0 Å². The summed E-state index contributed by atoms with van der Waals surface area (Å²) in [6, 6.07) is 6.82. The van der Waals surface area contributed by atoms with Crippen molar-refractivity contribution in [3.05, 3.63) is 47.8 Å². The Kier molecular flexibility index (Phi) is 5.15. The van der Waals surface area contributed by atoms with Crippen molar-refractivity contribution >= 4 is 0 Å². The van der Waals surface area contributed by atoms with E-state index >= 15 is 0 Å². The lowest BCUT2D eigenvalue weighted by atomic mass is 9.99. The van der Waals surface area contributed by atoms with E-state index in [1.807, 2.05) is 6.07 Å². The highest BCUT2D eigenvalue weighted by molar-refractivity contribution is 5.19. The molecule has 0 aliphatic carbocycles. The van der Waals surface area contributed by atoms with Crippen molar-refractivity contribution in [3.8, 4) is 0 Å². The van der Waals surface area contributed by atoms with Gasteiger partial charge in [0.2, 0.25) is 0 Å². The van der Waals surface area contributed by atoms with Crippen molar-refractivity contribution in [2.45, 2.75) is 32.2 Å². The van der Waals surface area contributed by atoms with Gasteiger partial charge in [-0.1, -0.05) is 37.3 Å². The Morgan fingerprint density at radius 3 is 2.75 bits per heavy atom. The first-order valence-corrected chi connectivity index (χ1v) is 5.53. The summed E-state index contributed by atoms with van der Waals surface area (Å²) in [7, 11) is 0. The van der Waals surface area contributed by atoms with Crippen LogP contribution in [-0.2, 0) is 6.42 Å². The van der Waals surface area contributed by atoms with Crippen molar-refractivity contribution in [1.82, 2.24) is 5.43 Å². The molecule has 0 bridgehead atoms. The quantitative estimate of drug-likeness (QED) is 0.441. The van der Waals surface area contributed by atoms with Crippen LogP contribution in [0.3, 0.4) is 0 Å². The maximum absolute atomic E-state index is 13.4. The Balaban J connectivity index is 2.63. The van der Waals surface area contributed by atoms with Crippen molar-refractivity contribution in [1.29, 1.82) is 0 Å². The van der Waals surface area contributed by atoms with Crippen LogP contribution in [0.1, 0.15) is 25.3 Å². The lowest BCUT2D eigenvalue weighted by Gasteiger charge is -2.17. The molecule has 0 spiro atoms. The molecule has 88 valence electrons. The van der Waals surface area contributed by atoms with E-state index in [2.05, 4.69) is 18.9 Å². The van der Waals surface area contributed by atoms with Gasteiger partial charge in [-0.3, -0.25) is 11.3 Å². The van der Waals surface area contributed by atoms with Crippen LogP contribution in [0.15, 0.2) is 36.4 Å². The third-order valence-corrected chi connectivity index (χ3v) is 2.69. The molecule has 1 aromatic rings.